The van der Waals surface area contributed by atoms with Gasteiger partial charge >= 0.3 is 11.9 Å². The maximum Gasteiger partial charge on any atom is 0.417 e. The number of fused-ring (bicyclic) bond motifs is 1. The molecule has 4 aromatic rings. The van der Waals surface area contributed by atoms with Gasteiger partial charge in [-0.25, -0.2) is 9.64 Å². The fourth-order valence-electron chi connectivity index (χ4n) is 4.99. The molecule has 1 aliphatic carbocycles. The quantitative estimate of drug-likeness (QED) is 0.430. The monoisotopic (exact) mass is 452 g/mol. The molecule has 0 saturated heterocycles. The third kappa shape index (κ3) is 3.15. The number of imidazole rings is 1. The van der Waals surface area contributed by atoms with E-state index in [1.807, 2.05) is 23.7 Å². The zero-order valence-electron chi connectivity index (χ0n) is 17.8. The summed E-state index contributed by atoms with van der Waals surface area (Å²) in [5.74, 6) is 1.29. The first-order valence-electron chi connectivity index (χ1n) is 10.3. The predicted octanol–water partition coefficient (Wildman–Crippen LogP) is 4.50. The zero-order valence-corrected chi connectivity index (χ0v) is 17.8. The van der Waals surface area contributed by atoms with Crippen LogP contribution in [0, 0.1) is 12.5 Å². The van der Waals surface area contributed by atoms with Gasteiger partial charge in [-0.2, -0.15) is 13.2 Å². The van der Waals surface area contributed by atoms with E-state index in [0.29, 0.717) is 11.6 Å². The molecule has 0 unspecified atom stereocenters. The summed E-state index contributed by atoms with van der Waals surface area (Å²) in [7, 11) is 1.88. The Kier molecular flexibility index (Phi) is 4.50. The van der Waals surface area contributed by atoms with Crippen molar-refractivity contribution < 1.29 is 13.2 Å². The molecule has 0 aliphatic heterocycles. The Morgan fingerprint density at radius 1 is 1.21 bits per heavy atom. The summed E-state index contributed by atoms with van der Waals surface area (Å²) in [6.07, 6.45) is 0.946. The van der Waals surface area contributed by atoms with E-state index in [2.05, 4.69) is 22.0 Å². The van der Waals surface area contributed by atoms with Crippen LogP contribution in [0.2, 0.25) is 0 Å². The van der Waals surface area contributed by atoms with Crippen molar-refractivity contribution in [1.29, 1.82) is 0 Å². The van der Waals surface area contributed by atoms with Crippen LogP contribution in [0.4, 0.5) is 18.9 Å². The Morgan fingerprint density at radius 2 is 1.97 bits per heavy atom. The Balaban J connectivity index is 1.69. The number of aryl methyl sites for hydroxylation is 1. The van der Waals surface area contributed by atoms with Gasteiger partial charge in [0.1, 0.15) is 12.2 Å². The lowest BCUT2D eigenvalue weighted by Crippen LogP contribution is -2.43. The molecule has 0 amide bonds. The van der Waals surface area contributed by atoms with Crippen molar-refractivity contribution in [2.75, 3.05) is 0 Å². The van der Waals surface area contributed by atoms with Crippen LogP contribution in [0.1, 0.15) is 36.7 Å². The number of halogens is 3. The maximum absolute atomic E-state index is 13.6. The van der Waals surface area contributed by atoms with Crippen LogP contribution < -0.4 is 5.69 Å². The lowest BCUT2D eigenvalue weighted by atomic mass is 9.58. The molecular formula is C23H19F3N6O. The van der Waals surface area contributed by atoms with Crippen molar-refractivity contribution in [2.45, 2.75) is 31.4 Å². The minimum absolute atomic E-state index is 0.256. The van der Waals surface area contributed by atoms with Gasteiger partial charge in [0.15, 0.2) is 0 Å². The van der Waals surface area contributed by atoms with Crippen LogP contribution in [0.5, 0.6) is 0 Å². The van der Waals surface area contributed by atoms with E-state index in [1.54, 1.807) is 18.5 Å². The summed E-state index contributed by atoms with van der Waals surface area (Å²) in [5, 5.41) is 8.34. The van der Waals surface area contributed by atoms with Crippen LogP contribution in [-0.2, 0) is 18.6 Å². The zero-order chi connectivity index (χ0) is 23.5. The Labute approximate surface area is 186 Å². The van der Waals surface area contributed by atoms with Gasteiger partial charge < -0.3 is 4.57 Å². The topological polar surface area (TPSA) is 61.5 Å². The highest BCUT2D eigenvalue weighted by Gasteiger charge is 2.48. The first-order chi connectivity index (χ1) is 15.6. The van der Waals surface area contributed by atoms with Crippen molar-refractivity contribution in [3.05, 3.63) is 87.9 Å². The maximum atomic E-state index is 13.6. The summed E-state index contributed by atoms with van der Waals surface area (Å²) < 4.78 is 44.9. The Bertz CT molecular complexity index is 1480. The molecule has 0 spiro atoms. The number of pyridine rings is 1. The highest BCUT2D eigenvalue weighted by Crippen LogP contribution is 2.51. The van der Waals surface area contributed by atoms with Crippen LogP contribution >= 0.6 is 0 Å². The lowest BCUT2D eigenvalue weighted by Gasteiger charge is -2.46. The van der Waals surface area contributed by atoms with E-state index in [-0.39, 0.29) is 16.6 Å². The number of aromatic nitrogens is 5. The summed E-state index contributed by atoms with van der Waals surface area (Å²) in [6.45, 7) is 9.26. The average Bonchev–Trinajstić information content (AvgIpc) is 3.33. The first kappa shape index (κ1) is 21.0. The number of hydrogen-bond donors (Lipinski definition) is 0. The molecule has 1 fully saturated rings. The van der Waals surface area contributed by atoms with Gasteiger partial charge in [-0.1, -0.05) is 19.1 Å². The van der Waals surface area contributed by atoms with Gasteiger partial charge in [-0.15, -0.1) is 10.2 Å². The first-order valence-corrected chi connectivity index (χ1v) is 10.3. The molecule has 1 aliphatic rings. The number of hydrogen-bond acceptors (Lipinski definition) is 3. The SMILES string of the molecule is [C-]#[N+]c1cc(C(F)(F)F)c2cn(-c3cccc(C4(c5nncn5C)CC(C)C4)c3)c(=O)n2c1. The number of rotatable bonds is 3. The van der Waals surface area contributed by atoms with E-state index >= 15 is 0 Å². The van der Waals surface area contributed by atoms with Gasteiger partial charge in [-0.05, 0) is 42.5 Å². The molecule has 0 bridgehead atoms. The second-order valence-electron chi connectivity index (χ2n) is 8.67. The summed E-state index contributed by atoms with van der Waals surface area (Å²) in [4.78, 5) is 16.2. The van der Waals surface area contributed by atoms with Crippen LogP contribution in [0.15, 0.2) is 53.8 Å². The molecule has 5 rings (SSSR count). The van der Waals surface area contributed by atoms with Crippen molar-refractivity contribution in [1.82, 2.24) is 23.7 Å². The van der Waals surface area contributed by atoms with Crippen molar-refractivity contribution in [3.63, 3.8) is 0 Å². The molecule has 168 valence electrons. The van der Waals surface area contributed by atoms with E-state index < -0.39 is 17.4 Å². The largest absolute Gasteiger partial charge is 0.417 e. The molecule has 10 heteroatoms. The highest BCUT2D eigenvalue weighted by molar-refractivity contribution is 5.63. The third-order valence-corrected chi connectivity index (χ3v) is 6.40. The van der Waals surface area contributed by atoms with E-state index in [4.69, 9.17) is 6.57 Å². The van der Waals surface area contributed by atoms with Gasteiger partial charge in [0, 0.05) is 19.4 Å². The molecular weight excluding hydrogens is 433 g/mol. The standard InChI is InChI=1S/C23H19F3N6O/c1-14-9-22(10-14,20-29-28-13-30(20)3)15-5-4-6-17(7-15)31-12-19-18(23(24,25)26)8-16(27-2)11-32(19)21(31)33/h4-8,11-14H,9-10H2,1,3H3. The highest BCUT2D eigenvalue weighted by atomic mass is 19.4. The lowest BCUT2D eigenvalue weighted by molar-refractivity contribution is -0.136. The van der Waals surface area contributed by atoms with Crippen molar-refractivity contribution in [3.8, 4) is 5.69 Å². The molecule has 7 nitrogen and oxygen atoms in total. The van der Waals surface area contributed by atoms with Crippen LogP contribution in [0.25, 0.3) is 16.0 Å². The minimum atomic E-state index is -4.70. The van der Waals surface area contributed by atoms with Gasteiger partial charge in [0.05, 0.1) is 28.8 Å². The van der Waals surface area contributed by atoms with Gasteiger partial charge in [0.2, 0.25) is 5.69 Å². The van der Waals surface area contributed by atoms with Crippen LogP contribution in [0.3, 0.4) is 0 Å². The predicted molar refractivity (Wildman–Crippen MR) is 114 cm³/mol. The molecule has 33 heavy (non-hydrogen) atoms. The third-order valence-electron chi connectivity index (χ3n) is 6.40. The molecule has 0 atom stereocenters. The van der Waals surface area contributed by atoms with E-state index in [9.17, 15) is 18.0 Å². The number of alkyl halides is 3. The normalized spacial score (nSPS) is 20.5. The molecule has 3 aromatic heterocycles. The molecule has 1 aromatic carbocycles. The molecule has 1 saturated carbocycles. The average molecular weight is 452 g/mol. The second kappa shape index (κ2) is 7.07. The summed E-state index contributed by atoms with van der Waals surface area (Å²) in [5.41, 5.74) is -1.26. The summed E-state index contributed by atoms with van der Waals surface area (Å²) in [6, 6.07) is 8.00. The fourth-order valence-corrected chi connectivity index (χ4v) is 4.99. The molecule has 0 radical (unpaired) electrons. The fraction of sp³-hybridized carbons (Fsp3) is 0.304. The van der Waals surface area contributed by atoms with Crippen molar-refractivity contribution >= 4 is 11.2 Å². The number of nitrogens with zero attached hydrogens (tertiary/aromatic N) is 6. The van der Waals surface area contributed by atoms with Gasteiger partial charge in [-0.3, -0.25) is 8.97 Å². The smallest absolute Gasteiger partial charge is 0.320 e. The Hall–Kier alpha value is -3.87. The summed E-state index contributed by atoms with van der Waals surface area (Å²) >= 11 is 0. The van der Waals surface area contributed by atoms with Crippen molar-refractivity contribution in [2.24, 2.45) is 13.0 Å². The molecule has 3 heterocycles. The Morgan fingerprint density at radius 3 is 2.58 bits per heavy atom. The van der Waals surface area contributed by atoms with E-state index in [0.717, 1.165) is 40.9 Å². The second-order valence-corrected chi connectivity index (χ2v) is 8.67. The van der Waals surface area contributed by atoms with Crippen LogP contribution in [-0.4, -0.2) is 23.7 Å². The van der Waals surface area contributed by atoms with Gasteiger partial charge in [0.25, 0.3) is 0 Å². The number of benzene rings is 1. The minimum Gasteiger partial charge on any atom is -0.320 e. The molecule has 0 N–H and O–H groups in total. The van der Waals surface area contributed by atoms with E-state index in [1.165, 1.54) is 10.8 Å².